The first-order valence-electron chi connectivity index (χ1n) is 8.56. The Morgan fingerprint density at radius 1 is 1.36 bits per heavy atom. The molecule has 0 saturated heterocycles. The maximum absolute atomic E-state index is 10.4. The number of aryl methyl sites for hydroxylation is 1. The molecule has 0 bridgehead atoms. The summed E-state index contributed by atoms with van der Waals surface area (Å²) < 4.78 is 5.30. The maximum atomic E-state index is 10.4. The van der Waals surface area contributed by atoms with Crippen molar-refractivity contribution < 1.29 is 14.9 Å². The van der Waals surface area contributed by atoms with E-state index in [2.05, 4.69) is 13.8 Å². The largest absolute Gasteiger partial charge is 0.504 e. The van der Waals surface area contributed by atoms with Crippen molar-refractivity contribution in [1.82, 2.24) is 0 Å². The number of fused-ring (bicyclic) bond motifs is 3. The molecule has 2 N–H and O–H groups in total. The third-order valence-corrected chi connectivity index (χ3v) is 6.14. The molecule has 0 radical (unpaired) electrons. The van der Waals surface area contributed by atoms with Crippen molar-refractivity contribution in [2.75, 3.05) is 7.11 Å². The zero-order valence-corrected chi connectivity index (χ0v) is 13.9. The number of rotatable bonds is 3. The second-order valence-electron chi connectivity index (χ2n) is 7.45. The predicted molar refractivity (Wildman–Crippen MR) is 87.5 cm³/mol. The molecule has 3 nitrogen and oxygen atoms in total. The van der Waals surface area contributed by atoms with Crippen LogP contribution in [0.2, 0.25) is 0 Å². The molecule has 1 aromatic carbocycles. The van der Waals surface area contributed by atoms with Crippen molar-refractivity contribution in [3.05, 3.63) is 23.3 Å². The molecule has 1 saturated carbocycles. The van der Waals surface area contributed by atoms with Crippen LogP contribution < -0.4 is 4.74 Å². The normalized spacial score (nSPS) is 32.0. The van der Waals surface area contributed by atoms with E-state index in [0.29, 0.717) is 17.6 Å². The molecule has 1 aromatic rings. The third-order valence-electron chi connectivity index (χ3n) is 6.14. The minimum atomic E-state index is -0.191. The smallest absolute Gasteiger partial charge is 0.160 e. The van der Waals surface area contributed by atoms with Crippen LogP contribution in [0.25, 0.3) is 0 Å². The van der Waals surface area contributed by atoms with Gasteiger partial charge in [-0.05, 0) is 79.0 Å². The number of hydrogen-bond acceptors (Lipinski definition) is 3. The van der Waals surface area contributed by atoms with Crippen molar-refractivity contribution >= 4 is 0 Å². The summed E-state index contributed by atoms with van der Waals surface area (Å²) in [6.45, 7) is 4.33. The lowest BCUT2D eigenvalue weighted by molar-refractivity contribution is -0.0174. The van der Waals surface area contributed by atoms with Gasteiger partial charge in [0.2, 0.25) is 0 Å². The molecule has 0 aliphatic heterocycles. The number of methoxy groups -OCH3 is 1. The second kappa shape index (κ2) is 5.77. The predicted octanol–water partition coefficient (Wildman–Crippen LogP) is 4.01. The molecule has 2 unspecified atom stereocenters. The van der Waals surface area contributed by atoms with E-state index in [1.807, 2.05) is 12.1 Å². The summed E-state index contributed by atoms with van der Waals surface area (Å²) in [5.41, 5.74) is 2.70. The number of aliphatic hydroxyl groups is 1. The second-order valence-corrected chi connectivity index (χ2v) is 7.45. The van der Waals surface area contributed by atoms with Gasteiger partial charge < -0.3 is 14.9 Å². The molecule has 0 heterocycles. The molecule has 0 aromatic heterocycles. The van der Waals surface area contributed by atoms with Crippen LogP contribution in [0.4, 0.5) is 0 Å². The number of ether oxygens (including phenoxy) is 1. The van der Waals surface area contributed by atoms with Crippen molar-refractivity contribution in [3.63, 3.8) is 0 Å². The first-order chi connectivity index (χ1) is 10.5. The van der Waals surface area contributed by atoms with Gasteiger partial charge in [0.15, 0.2) is 11.5 Å². The number of aliphatic hydroxyl groups excluding tert-OH is 1. The monoisotopic (exact) mass is 304 g/mol. The molecule has 0 spiro atoms. The molecular formula is C19H28O3. The summed E-state index contributed by atoms with van der Waals surface area (Å²) in [6, 6.07) is 3.93. The Morgan fingerprint density at radius 3 is 2.82 bits per heavy atom. The third kappa shape index (κ3) is 2.50. The fraction of sp³-hybridized carbons (Fsp3) is 0.684. The molecule has 0 amide bonds. The van der Waals surface area contributed by atoms with Gasteiger partial charge >= 0.3 is 0 Å². The molecule has 22 heavy (non-hydrogen) atoms. The molecule has 2 aliphatic rings. The van der Waals surface area contributed by atoms with Crippen LogP contribution in [0, 0.1) is 11.3 Å². The molecular weight excluding hydrogens is 276 g/mol. The van der Waals surface area contributed by atoms with Crippen LogP contribution in [-0.2, 0) is 6.42 Å². The molecule has 122 valence electrons. The standard InChI is InChI=1S/C19H28O3/c1-4-18(21)19(2)8-7-14-13(11-19)6-5-12-9-16(20)17(22-3)10-15(12)14/h9-10,13-14,18,20-21H,4-8,11H2,1-3H3/t13?,14?,18-,19-/m0/s1. The highest BCUT2D eigenvalue weighted by atomic mass is 16.5. The van der Waals surface area contributed by atoms with Crippen molar-refractivity contribution in [2.45, 2.75) is 64.4 Å². The Hall–Kier alpha value is -1.22. The van der Waals surface area contributed by atoms with Crippen LogP contribution >= 0.6 is 0 Å². The molecule has 3 heteroatoms. The van der Waals surface area contributed by atoms with Crippen molar-refractivity contribution in [3.8, 4) is 11.5 Å². The summed E-state index contributed by atoms with van der Waals surface area (Å²) in [6.07, 6.45) is 6.14. The first kappa shape index (κ1) is 15.7. The van der Waals surface area contributed by atoms with Gasteiger partial charge in [-0.2, -0.15) is 0 Å². The van der Waals surface area contributed by atoms with Crippen LogP contribution in [0.15, 0.2) is 12.1 Å². The highest BCUT2D eigenvalue weighted by Crippen LogP contribution is 2.53. The van der Waals surface area contributed by atoms with Gasteiger partial charge in [0, 0.05) is 0 Å². The van der Waals surface area contributed by atoms with Gasteiger partial charge in [-0.3, -0.25) is 0 Å². The highest BCUT2D eigenvalue weighted by Gasteiger charge is 2.43. The summed E-state index contributed by atoms with van der Waals surface area (Å²) in [5, 5.41) is 20.4. The lowest BCUT2D eigenvalue weighted by Gasteiger charge is -2.47. The molecule has 3 rings (SSSR count). The van der Waals surface area contributed by atoms with Crippen molar-refractivity contribution in [1.29, 1.82) is 0 Å². The summed E-state index contributed by atoms with van der Waals surface area (Å²) in [5.74, 6) is 2.03. The average molecular weight is 304 g/mol. The first-order valence-corrected chi connectivity index (χ1v) is 8.56. The van der Waals surface area contributed by atoms with E-state index in [1.165, 1.54) is 11.1 Å². The number of hydrogen-bond donors (Lipinski definition) is 2. The Bertz CT molecular complexity index is 554. The lowest BCUT2D eigenvalue weighted by atomic mass is 9.58. The quantitative estimate of drug-likeness (QED) is 0.887. The maximum Gasteiger partial charge on any atom is 0.160 e. The van der Waals surface area contributed by atoms with Gasteiger partial charge in [-0.1, -0.05) is 13.8 Å². The summed E-state index contributed by atoms with van der Waals surface area (Å²) in [7, 11) is 1.61. The minimum Gasteiger partial charge on any atom is -0.504 e. The van der Waals surface area contributed by atoms with Crippen LogP contribution in [0.1, 0.15) is 63.0 Å². The van der Waals surface area contributed by atoms with E-state index in [-0.39, 0.29) is 17.3 Å². The minimum absolute atomic E-state index is 0.0639. The van der Waals surface area contributed by atoms with Gasteiger partial charge in [0.05, 0.1) is 13.2 Å². The fourth-order valence-electron chi connectivity index (χ4n) is 4.77. The van der Waals surface area contributed by atoms with Crippen LogP contribution in [0.5, 0.6) is 11.5 Å². The van der Waals surface area contributed by atoms with Gasteiger partial charge in [-0.15, -0.1) is 0 Å². The zero-order valence-electron chi connectivity index (χ0n) is 13.9. The van der Waals surface area contributed by atoms with Crippen LogP contribution in [0.3, 0.4) is 0 Å². The Morgan fingerprint density at radius 2 is 2.14 bits per heavy atom. The topological polar surface area (TPSA) is 49.7 Å². The molecule has 1 fully saturated rings. The van der Waals surface area contributed by atoms with Gasteiger partial charge in [0.1, 0.15) is 0 Å². The summed E-state index contributed by atoms with van der Waals surface area (Å²) in [4.78, 5) is 0. The Labute approximate surface area is 133 Å². The van der Waals surface area contributed by atoms with E-state index in [9.17, 15) is 10.2 Å². The Balaban J connectivity index is 1.88. The van der Waals surface area contributed by atoms with Crippen molar-refractivity contribution in [2.24, 2.45) is 11.3 Å². The fourth-order valence-corrected chi connectivity index (χ4v) is 4.77. The van der Waals surface area contributed by atoms with E-state index >= 15 is 0 Å². The van der Waals surface area contributed by atoms with Gasteiger partial charge in [-0.25, -0.2) is 0 Å². The molecule has 2 aliphatic carbocycles. The van der Waals surface area contributed by atoms with E-state index < -0.39 is 0 Å². The van der Waals surface area contributed by atoms with Gasteiger partial charge in [0.25, 0.3) is 0 Å². The highest BCUT2D eigenvalue weighted by molar-refractivity contribution is 5.49. The zero-order chi connectivity index (χ0) is 15.9. The van der Waals surface area contributed by atoms with E-state index in [0.717, 1.165) is 38.5 Å². The molecule has 4 atom stereocenters. The number of phenols is 1. The van der Waals surface area contributed by atoms with E-state index in [4.69, 9.17) is 4.74 Å². The Kier molecular flexibility index (Phi) is 4.11. The lowest BCUT2D eigenvalue weighted by Crippen LogP contribution is -2.40. The number of phenolic OH excluding ortho intramolecular Hbond substituents is 1. The average Bonchev–Trinajstić information content (AvgIpc) is 2.52. The summed E-state index contributed by atoms with van der Waals surface area (Å²) >= 11 is 0. The van der Waals surface area contributed by atoms with E-state index in [1.54, 1.807) is 7.11 Å². The SMILES string of the molecule is CC[C@H](O)[C@@]1(C)CCC2c3cc(OC)c(O)cc3CCC2C1. The van der Waals surface area contributed by atoms with Crippen LogP contribution in [-0.4, -0.2) is 23.4 Å². The number of aromatic hydroxyl groups is 1. The number of benzene rings is 1.